The third kappa shape index (κ3) is 3.98. The minimum Gasteiger partial charge on any atom is -0.496 e. The van der Waals surface area contributed by atoms with Crippen molar-refractivity contribution in [1.82, 2.24) is 19.7 Å². The average molecular weight is 427 g/mol. The summed E-state index contributed by atoms with van der Waals surface area (Å²) in [6.45, 7) is 6.08. The Labute approximate surface area is 182 Å². The molecule has 1 aliphatic carbocycles. The molecule has 0 bridgehead atoms. The maximum Gasteiger partial charge on any atom is 0.236 e. The first-order valence-electron chi connectivity index (χ1n) is 11.1. The lowest BCUT2D eigenvalue weighted by Gasteiger charge is -2.43. The van der Waals surface area contributed by atoms with E-state index in [0.717, 1.165) is 68.1 Å². The molecule has 7 heteroatoms. The Kier molecular flexibility index (Phi) is 5.76. The molecular weight excluding hydrogens is 396 g/mol. The van der Waals surface area contributed by atoms with Crippen LogP contribution in [-0.4, -0.2) is 78.0 Å². The molecule has 2 aliphatic heterocycles. The van der Waals surface area contributed by atoms with Crippen molar-refractivity contribution in [3.8, 4) is 16.3 Å². The number of fused-ring (bicyclic) bond motifs is 1. The molecule has 2 aromatic rings. The van der Waals surface area contributed by atoms with Gasteiger partial charge in [0.2, 0.25) is 5.91 Å². The Morgan fingerprint density at radius 1 is 1.17 bits per heavy atom. The molecule has 0 spiro atoms. The Hall–Kier alpha value is -1.96. The van der Waals surface area contributed by atoms with Crippen molar-refractivity contribution in [3.63, 3.8) is 0 Å². The van der Waals surface area contributed by atoms with Gasteiger partial charge in [-0.15, -0.1) is 11.3 Å². The van der Waals surface area contributed by atoms with Crippen molar-refractivity contribution in [3.05, 3.63) is 34.8 Å². The number of hydrogen-bond acceptors (Lipinski definition) is 6. The topological polar surface area (TPSA) is 48.9 Å². The first kappa shape index (κ1) is 20.0. The summed E-state index contributed by atoms with van der Waals surface area (Å²) in [5.74, 6) is 1.14. The van der Waals surface area contributed by atoms with E-state index in [4.69, 9.17) is 9.72 Å². The molecule has 1 saturated carbocycles. The molecule has 0 N–H and O–H groups in total. The zero-order valence-electron chi connectivity index (χ0n) is 17.7. The predicted octanol–water partition coefficient (Wildman–Crippen LogP) is 2.87. The van der Waals surface area contributed by atoms with Gasteiger partial charge >= 0.3 is 0 Å². The first-order valence-corrected chi connectivity index (χ1v) is 11.9. The molecule has 3 heterocycles. The lowest BCUT2D eigenvalue weighted by molar-refractivity contribution is -0.135. The molecule has 2 fully saturated rings. The second-order valence-electron chi connectivity index (χ2n) is 8.55. The van der Waals surface area contributed by atoms with Crippen LogP contribution in [0.4, 0.5) is 0 Å². The van der Waals surface area contributed by atoms with Crippen molar-refractivity contribution in [2.75, 3.05) is 46.4 Å². The molecule has 0 atom stereocenters. The lowest BCUT2D eigenvalue weighted by atomic mass is 9.91. The van der Waals surface area contributed by atoms with Crippen LogP contribution in [0.15, 0.2) is 24.3 Å². The molecule has 1 amide bonds. The number of nitrogens with zero attached hydrogens (tertiary/aromatic N) is 4. The maximum absolute atomic E-state index is 12.9. The minimum absolute atomic E-state index is 0.279. The highest BCUT2D eigenvalue weighted by Gasteiger charge is 2.30. The van der Waals surface area contributed by atoms with Gasteiger partial charge in [-0.25, -0.2) is 4.98 Å². The fourth-order valence-electron chi connectivity index (χ4n) is 4.70. The number of benzene rings is 1. The number of piperazine rings is 1. The van der Waals surface area contributed by atoms with E-state index in [2.05, 4.69) is 20.8 Å². The van der Waals surface area contributed by atoms with E-state index in [-0.39, 0.29) is 5.91 Å². The number of hydrogen-bond donors (Lipinski definition) is 0. The molecule has 0 unspecified atom stereocenters. The SMILES string of the molecule is COc1ccccc1-c1nc2c(s1)CN(CC(=O)N1CCN(C3CCC3)CC1)CC2. The summed E-state index contributed by atoms with van der Waals surface area (Å²) in [5, 5.41) is 1.01. The number of carbonyl (C=O) groups is 1. The molecule has 160 valence electrons. The van der Waals surface area contributed by atoms with E-state index in [1.807, 2.05) is 18.2 Å². The van der Waals surface area contributed by atoms with Crippen LogP contribution in [0.2, 0.25) is 0 Å². The van der Waals surface area contributed by atoms with Crippen molar-refractivity contribution in [1.29, 1.82) is 0 Å². The number of rotatable bonds is 5. The summed E-state index contributed by atoms with van der Waals surface area (Å²) in [4.78, 5) is 26.0. The van der Waals surface area contributed by atoms with Crippen molar-refractivity contribution in [2.45, 2.75) is 38.3 Å². The molecule has 0 radical (unpaired) electrons. The van der Waals surface area contributed by atoms with E-state index >= 15 is 0 Å². The summed E-state index contributed by atoms with van der Waals surface area (Å²) in [7, 11) is 1.70. The van der Waals surface area contributed by atoms with Gasteiger partial charge in [-0.1, -0.05) is 18.6 Å². The largest absolute Gasteiger partial charge is 0.496 e. The highest BCUT2D eigenvalue weighted by Crippen LogP contribution is 2.36. The summed E-state index contributed by atoms with van der Waals surface area (Å²) >= 11 is 1.73. The number of thiazole rings is 1. The maximum atomic E-state index is 12.9. The van der Waals surface area contributed by atoms with Crippen molar-refractivity contribution in [2.24, 2.45) is 0 Å². The Balaban J connectivity index is 1.19. The molecule has 5 rings (SSSR count). The molecule has 1 aromatic carbocycles. The molecule has 1 aromatic heterocycles. The van der Waals surface area contributed by atoms with Gasteiger partial charge in [0.25, 0.3) is 0 Å². The molecule has 30 heavy (non-hydrogen) atoms. The summed E-state index contributed by atoms with van der Waals surface area (Å²) in [5.41, 5.74) is 2.23. The van der Waals surface area contributed by atoms with E-state index in [1.165, 1.54) is 29.8 Å². The second kappa shape index (κ2) is 8.65. The third-order valence-corrected chi connectivity index (χ3v) is 7.88. The number of para-hydroxylation sites is 1. The van der Waals surface area contributed by atoms with Crippen LogP contribution in [0.5, 0.6) is 5.75 Å². The van der Waals surface area contributed by atoms with Crippen LogP contribution in [0, 0.1) is 0 Å². The number of amides is 1. The van der Waals surface area contributed by atoms with Gasteiger partial charge in [0.05, 0.1) is 24.9 Å². The number of methoxy groups -OCH3 is 1. The van der Waals surface area contributed by atoms with Gasteiger partial charge in [-0.2, -0.15) is 0 Å². The monoisotopic (exact) mass is 426 g/mol. The van der Waals surface area contributed by atoms with Crippen LogP contribution in [0.3, 0.4) is 0 Å². The second-order valence-corrected chi connectivity index (χ2v) is 9.63. The Morgan fingerprint density at radius 3 is 2.70 bits per heavy atom. The predicted molar refractivity (Wildman–Crippen MR) is 119 cm³/mol. The molecule has 6 nitrogen and oxygen atoms in total. The van der Waals surface area contributed by atoms with Crippen molar-refractivity contribution < 1.29 is 9.53 Å². The summed E-state index contributed by atoms with van der Waals surface area (Å²) in [6.07, 6.45) is 4.96. The van der Waals surface area contributed by atoms with Gasteiger partial charge < -0.3 is 9.64 Å². The normalized spacial score (nSPS) is 20.6. The first-order chi connectivity index (χ1) is 14.7. The van der Waals surface area contributed by atoms with Crippen LogP contribution in [-0.2, 0) is 17.8 Å². The van der Waals surface area contributed by atoms with Crippen molar-refractivity contribution >= 4 is 17.2 Å². The minimum atomic E-state index is 0.279. The van der Waals surface area contributed by atoms with Gasteiger partial charge in [0, 0.05) is 56.6 Å². The Bertz CT molecular complexity index is 902. The Morgan fingerprint density at radius 2 is 1.97 bits per heavy atom. The lowest BCUT2D eigenvalue weighted by Crippen LogP contribution is -2.55. The zero-order valence-corrected chi connectivity index (χ0v) is 18.5. The third-order valence-electron chi connectivity index (χ3n) is 6.76. The summed E-state index contributed by atoms with van der Waals surface area (Å²) in [6, 6.07) is 8.83. The van der Waals surface area contributed by atoms with Crippen LogP contribution < -0.4 is 4.74 Å². The molecular formula is C23H30N4O2S. The molecule has 1 saturated heterocycles. The van der Waals surface area contributed by atoms with Gasteiger partial charge in [-0.05, 0) is 25.0 Å². The highest BCUT2D eigenvalue weighted by atomic mass is 32.1. The van der Waals surface area contributed by atoms with Crippen LogP contribution >= 0.6 is 11.3 Å². The number of ether oxygens (including phenoxy) is 1. The standard InChI is InChI=1S/C23H30N4O2S/c1-29-20-8-3-2-7-18(20)23-24-19-9-10-25(15-21(19)30-23)16-22(28)27-13-11-26(12-14-27)17-5-4-6-17/h2-3,7-8,17H,4-6,9-16H2,1H3. The highest BCUT2D eigenvalue weighted by molar-refractivity contribution is 7.15. The van der Waals surface area contributed by atoms with E-state index < -0.39 is 0 Å². The fraction of sp³-hybridized carbons (Fsp3) is 0.565. The van der Waals surface area contributed by atoms with Crippen LogP contribution in [0.25, 0.3) is 10.6 Å². The summed E-state index contributed by atoms with van der Waals surface area (Å²) < 4.78 is 5.51. The number of carbonyl (C=O) groups excluding carboxylic acids is 1. The van der Waals surface area contributed by atoms with E-state index in [0.29, 0.717) is 6.54 Å². The quantitative estimate of drug-likeness (QED) is 0.736. The van der Waals surface area contributed by atoms with Gasteiger partial charge in [-0.3, -0.25) is 14.6 Å². The fourth-order valence-corrected chi connectivity index (χ4v) is 5.88. The van der Waals surface area contributed by atoms with E-state index in [1.54, 1.807) is 18.4 Å². The van der Waals surface area contributed by atoms with Crippen LogP contribution in [0.1, 0.15) is 29.8 Å². The molecule has 3 aliphatic rings. The van der Waals surface area contributed by atoms with Gasteiger partial charge in [0.1, 0.15) is 10.8 Å². The van der Waals surface area contributed by atoms with E-state index in [9.17, 15) is 4.79 Å². The van der Waals surface area contributed by atoms with Gasteiger partial charge in [0.15, 0.2) is 0 Å². The average Bonchev–Trinajstić information content (AvgIpc) is 3.16. The number of aromatic nitrogens is 1. The zero-order chi connectivity index (χ0) is 20.5. The smallest absolute Gasteiger partial charge is 0.236 e.